The minimum absolute atomic E-state index is 0. The molecule has 0 atom stereocenters. The van der Waals surface area contributed by atoms with Gasteiger partial charge in [-0.3, -0.25) is 4.98 Å². The van der Waals surface area contributed by atoms with Gasteiger partial charge in [-0.1, -0.05) is 87.2 Å². The summed E-state index contributed by atoms with van der Waals surface area (Å²) in [5.41, 5.74) is 14.8. The molecule has 0 unspecified atom stereocenters. The molecule has 4 heterocycles. The standard InChI is InChI=1S/C37H32N3O.C18H24GeN.Ir/c1-22(2)30-19-26(25-12-7-6-8-13-25)20-31(23(3)4)34(30)40-32-18-24(5)21-38-36(32)39-37(40)29-16-11-15-28-27-14-9-10-17-33(27)41-35(28)29;1-13(2)16-11-18(15-9-7-14(3)8-10-15)20-12-17(16)19(4,5)6;/h6-15,17-23H,1-5H3;7-9,11-13H,1-6H3;/q2*-1;/i;3D3;. The maximum atomic E-state index is 7.44. The minimum Gasteiger partial charge on any atom is 0 e. The SMILES string of the molecule is Cc1cnc2nc(-c3[c-]ccc4c3oc3ccccc34)n(-c3c(C(C)C)cc(-c4ccccc4)cc3C(C)C)c2c1.[2H]C([2H])([2H])c1c[c-]c(-c2cc(C(C)C)[c]([Ge]([CH3])([CH3])[CH3])cn2)cc1.[Ir]. The van der Waals surface area contributed by atoms with Crippen molar-refractivity contribution in [3.8, 4) is 39.5 Å². The molecule has 5 aromatic carbocycles. The van der Waals surface area contributed by atoms with E-state index in [0.717, 1.165) is 55.7 Å². The Hall–Kier alpha value is -5.14. The van der Waals surface area contributed by atoms with E-state index in [4.69, 9.17) is 18.5 Å². The van der Waals surface area contributed by atoms with Gasteiger partial charge in [0, 0.05) is 37.4 Å². The smallest absolute Gasteiger partial charge is 0 e. The Bertz CT molecular complexity index is 3100. The average Bonchev–Trinajstić information content (AvgIpc) is 3.84. The van der Waals surface area contributed by atoms with E-state index in [2.05, 4.69) is 154 Å². The first kappa shape index (κ1) is 40.9. The molecule has 4 aromatic heterocycles. The van der Waals surface area contributed by atoms with Gasteiger partial charge in [-0.25, -0.2) is 4.98 Å². The summed E-state index contributed by atoms with van der Waals surface area (Å²) < 4.78 is 32.5. The summed E-state index contributed by atoms with van der Waals surface area (Å²) in [6.07, 6.45) is 3.91. The topological polar surface area (TPSA) is 56.7 Å². The number of imidazole rings is 1. The molecule has 5 nitrogen and oxygen atoms in total. The van der Waals surface area contributed by atoms with E-state index < -0.39 is 20.1 Å². The fourth-order valence-corrected chi connectivity index (χ4v) is 11.8. The first-order chi connectivity index (χ1) is 30.4. The molecule has 0 aliphatic carbocycles. The Morgan fingerprint density at radius 1 is 0.694 bits per heavy atom. The summed E-state index contributed by atoms with van der Waals surface area (Å²) in [6, 6.07) is 43.5. The van der Waals surface area contributed by atoms with Gasteiger partial charge in [0.1, 0.15) is 5.58 Å². The second-order valence-electron chi connectivity index (χ2n) is 18.1. The van der Waals surface area contributed by atoms with Crippen LogP contribution in [0, 0.1) is 25.9 Å². The molecule has 0 aliphatic heterocycles. The molecule has 0 saturated carbocycles. The maximum Gasteiger partial charge on any atom is 0 e. The molecular formula is C55H56GeIrN4O-2. The number of pyridine rings is 2. The summed E-state index contributed by atoms with van der Waals surface area (Å²) in [7, 11) is 0. The number of nitrogens with zero attached hydrogens (tertiary/aromatic N) is 4. The quantitative estimate of drug-likeness (QED) is 0.112. The van der Waals surface area contributed by atoms with Gasteiger partial charge in [0.2, 0.25) is 0 Å². The van der Waals surface area contributed by atoms with Crippen molar-refractivity contribution in [2.45, 2.75) is 90.3 Å². The van der Waals surface area contributed by atoms with Crippen molar-refractivity contribution in [1.29, 1.82) is 0 Å². The Labute approximate surface area is 388 Å². The van der Waals surface area contributed by atoms with Crippen LogP contribution in [0.15, 0.2) is 126 Å². The largest absolute Gasteiger partial charge is 0 e. The number of para-hydroxylation sites is 1. The number of aryl methyl sites for hydroxylation is 2. The zero-order valence-electron chi connectivity index (χ0n) is 40.3. The van der Waals surface area contributed by atoms with Crippen molar-refractivity contribution in [3.05, 3.63) is 162 Å². The molecule has 9 aromatic rings. The molecule has 0 saturated heterocycles. The zero-order valence-corrected chi connectivity index (χ0v) is 41.8. The van der Waals surface area contributed by atoms with Gasteiger partial charge in [0.15, 0.2) is 5.65 Å². The summed E-state index contributed by atoms with van der Waals surface area (Å²) in [4.78, 5) is 14.6. The van der Waals surface area contributed by atoms with Crippen LogP contribution in [0.3, 0.4) is 0 Å². The fraction of sp³-hybridized carbons (Fsp3) is 0.255. The van der Waals surface area contributed by atoms with E-state index in [9.17, 15) is 0 Å². The average molecular weight is 1060 g/mol. The Kier molecular flexibility index (Phi) is 12.1. The summed E-state index contributed by atoms with van der Waals surface area (Å²) in [6.45, 7) is 13.5. The first-order valence-corrected chi connectivity index (χ1v) is 28.7. The monoisotopic (exact) mass is 1060 g/mol. The number of hydrogen-bond acceptors (Lipinski definition) is 4. The minimum atomic E-state index is -2.09. The van der Waals surface area contributed by atoms with Gasteiger partial charge >= 0.3 is 130 Å². The maximum absolute atomic E-state index is 7.44. The van der Waals surface area contributed by atoms with E-state index in [1.54, 1.807) is 18.2 Å². The van der Waals surface area contributed by atoms with Gasteiger partial charge in [0.25, 0.3) is 0 Å². The van der Waals surface area contributed by atoms with Crippen LogP contribution in [0.1, 0.15) is 91.2 Å². The second kappa shape index (κ2) is 18.3. The number of aromatic nitrogens is 4. The zero-order chi connectivity index (χ0) is 45.7. The van der Waals surface area contributed by atoms with Crippen LogP contribution in [0.4, 0.5) is 0 Å². The van der Waals surface area contributed by atoms with Crippen molar-refractivity contribution in [2.75, 3.05) is 0 Å². The van der Waals surface area contributed by atoms with E-state index in [0.29, 0.717) is 17.1 Å². The van der Waals surface area contributed by atoms with Gasteiger partial charge in [0.05, 0.1) is 16.9 Å². The Balaban J connectivity index is 0.000000225. The normalized spacial score (nSPS) is 12.7. The van der Waals surface area contributed by atoms with Crippen molar-refractivity contribution in [1.82, 2.24) is 19.5 Å². The van der Waals surface area contributed by atoms with Crippen LogP contribution in [-0.4, -0.2) is 32.8 Å². The van der Waals surface area contributed by atoms with Crippen LogP contribution >= 0.6 is 0 Å². The summed E-state index contributed by atoms with van der Waals surface area (Å²) in [5, 5.41) is 2.15. The molecule has 7 heteroatoms. The van der Waals surface area contributed by atoms with Crippen molar-refractivity contribution >= 4 is 50.8 Å². The van der Waals surface area contributed by atoms with Crippen LogP contribution in [0.5, 0.6) is 0 Å². The molecule has 0 aliphatic rings. The number of hydrogen-bond donors (Lipinski definition) is 0. The third-order valence-electron chi connectivity index (χ3n) is 11.4. The second-order valence-corrected chi connectivity index (χ2v) is 28.6. The van der Waals surface area contributed by atoms with E-state index in [1.165, 1.54) is 37.9 Å². The van der Waals surface area contributed by atoms with Crippen molar-refractivity contribution in [2.24, 2.45) is 0 Å². The number of benzene rings is 5. The summed E-state index contributed by atoms with van der Waals surface area (Å²) in [5.74, 6) is 8.91. The van der Waals surface area contributed by atoms with E-state index in [1.807, 2.05) is 36.7 Å². The number of fused-ring (bicyclic) bond motifs is 4. The predicted octanol–water partition coefficient (Wildman–Crippen LogP) is 14.5. The molecular weight excluding hydrogens is 997 g/mol. The molecule has 0 amide bonds. The molecule has 1 radical (unpaired) electrons. The predicted molar refractivity (Wildman–Crippen MR) is 259 cm³/mol. The van der Waals surface area contributed by atoms with Crippen molar-refractivity contribution < 1.29 is 28.6 Å². The molecule has 0 bridgehead atoms. The van der Waals surface area contributed by atoms with E-state index >= 15 is 0 Å². The fourth-order valence-electron chi connectivity index (χ4n) is 8.23. The van der Waals surface area contributed by atoms with Gasteiger partial charge in [-0.05, 0) is 70.8 Å². The number of furan rings is 1. The van der Waals surface area contributed by atoms with Crippen LogP contribution in [-0.2, 0) is 20.1 Å². The molecule has 0 spiro atoms. The third-order valence-corrected chi connectivity index (χ3v) is 15.7. The molecule has 62 heavy (non-hydrogen) atoms. The van der Waals surface area contributed by atoms with Gasteiger partial charge in [-0.2, -0.15) is 0 Å². The molecule has 0 N–H and O–H groups in total. The van der Waals surface area contributed by atoms with Gasteiger partial charge < -0.3 is 8.98 Å². The van der Waals surface area contributed by atoms with Crippen LogP contribution in [0.2, 0.25) is 17.3 Å². The summed E-state index contributed by atoms with van der Waals surface area (Å²) >= 11 is -1.97. The first-order valence-electron chi connectivity index (χ1n) is 22.8. The Morgan fingerprint density at radius 2 is 1.39 bits per heavy atom. The number of rotatable bonds is 8. The third kappa shape index (κ3) is 8.88. The van der Waals surface area contributed by atoms with Crippen LogP contribution < -0.4 is 4.40 Å². The van der Waals surface area contributed by atoms with Gasteiger partial charge in [-0.15, -0.1) is 18.2 Å². The van der Waals surface area contributed by atoms with Crippen LogP contribution in [0.25, 0.3) is 72.6 Å². The Morgan fingerprint density at radius 3 is 2.03 bits per heavy atom. The molecule has 0 fully saturated rings. The molecule has 9 rings (SSSR count). The van der Waals surface area contributed by atoms with E-state index in [-0.39, 0.29) is 31.9 Å². The van der Waals surface area contributed by atoms with Crippen molar-refractivity contribution in [3.63, 3.8) is 0 Å². The molecule has 317 valence electrons.